The van der Waals surface area contributed by atoms with Crippen LogP contribution in [0.2, 0.25) is 0 Å². The molecule has 2 atom stereocenters. The Kier molecular flexibility index (Phi) is 1.46. The highest BCUT2D eigenvalue weighted by Crippen LogP contribution is 2.38. The zero-order chi connectivity index (χ0) is 7.03. The van der Waals surface area contributed by atoms with E-state index in [1.807, 2.05) is 0 Å². The molecule has 2 aliphatic rings. The predicted molar refractivity (Wildman–Crippen MR) is 40.0 cm³/mol. The fourth-order valence-corrected chi connectivity index (χ4v) is 2.13. The third-order valence-corrected chi connectivity index (χ3v) is 3.13. The first-order valence-electron chi connectivity index (χ1n) is 4.15. The summed E-state index contributed by atoms with van der Waals surface area (Å²) in [6.07, 6.45) is 2.58. The second-order valence-electron chi connectivity index (χ2n) is 3.59. The Balaban J connectivity index is 2.11. The van der Waals surface area contributed by atoms with Crippen LogP contribution in [0.3, 0.4) is 0 Å². The highest BCUT2D eigenvalue weighted by Gasteiger charge is 2.42. The van der Waals surface area contributed by atoms with Crippen LogP contribution in [-0.2, 0) is 4.74 Å². The Bertz CT molecular complexity index is 124. The van der Waals surface area contributed by atoms with E-state index in [-0.39, 0.29) is 0 Å². The minimum absolute atomic E-state index is 0.514. The maximum Gasteiger partial charge on any atom is 0.0538 e. The van der Waals surface area contributed by atoms with Gasteiger partial charge in [-0.1, -0.05) is 0 Å². The molecule has 1 N–H and O–H groups in total. The van der Waals surface area contributed by atoms with Gasteiger partial charge in [-0.25, -0.2) is 0 Å². The molecule has 0 aromatic carbocycles. The Hall–Kier alpha value is -0.0800. The number of nitrogens with one attached hydrogen (secondary N) is 1. The lowest BCUT2D eigenvalue weighted by Gasteiger charge is -2.25. The van der Waals surface area contributed by atoms with Crippen LogP contribution in [0.4, 0.5) is 0 Å². The van der Waals surface area contributed by atoms with Gasteiger partial charge in [0, 0.05) is 18.1 Å². The summed E-state index contributed by atoms with van der Waals surface area (Å²) in [4.78, 5) is 0. The normalized spacial score (nSPS) is 47.1. The van der Waals surface area contributed by atoms with E-state index < -0.39 is 0 Å². The minimum Gasteiger partial charge on any atom is -0.381 e. The molecule has 0 aromatic rings. The average molecular weight is 141 g/mol. The molecule has 2 rings (SSSR count). The molecule has 2 heteroatoms. The van der Waals surface area contributed by atoms with E-state index in [0.29, 0.717) is 11.5 Å². The molecule has 0 amide bonds. The smallest absolute Gasteiger partial charge is 0.0538 e. The van der Waals surface area contributed by atoms with Crippen LogP contribution in [0, 0.1) is 5.41 Å². The SMILES string of the molecule is CC1NCCC12CCOC2. The van der Waals surface area contributed by atoms with Gasteiger partial charge in [0.1, 0.15) is 0 Å². The van der Waals surface area contributed by atoms with Crippen molar-refractivity contribution in [2.45, 2.75) is 25.8 Å². The van der Waals surface area contributed by atoms with Gasteiger partial charge in [-0.2, -0.15) is 0 Å². The number of ether oxygens (including phenoxy) is 1. The van der Waals surface area contributed by atoms with Gasteiger partial charge in [-0.3, -0.25) is 0 Å². The molecule has 58 valence electrons. The number of hydrogen-bond acceptors (Lipinski definition) is 2. The van der Waals surface area contributed by atoms with Crippen molar-refractivity contribution >= 4 is 0 Å². The van der Waals surface area contributed by atoms with E-state index in [9.17, 15) is 0 Å². The fourth-order valence-electron chi connectivity index (χ4n) is 2.13. The maximum atomic E-state index is 5.41. The summed E-state index contributed by atoms with van der Waals surface area (Å²) in [6.45, 7) is 5.43. The monoisotopic (exact) mass is 141 g/mol. The molecule has 2 aliphatic heterocycles. The molecule has 0 aromatic heterocycles. The summed E-state index contributed by atoms with van der Waals surface area (Å²) in [5.74, 6) is 0. The van der Waals surface area contributed by atoms with Crippen molar-refractivity contribution in [1.29, 1.82) is 0 Å². The lowest BCUT2D eigenvalue weighted by Crippen LogP contribution is -2.34. The zero-order valence-corrected chi connectivity index (χ0v) is 6.52. The van der Waals surface area contributed by atoms with Crippen molar-refractivity contribution in [3.05, 3.63) is 0 Å². The van der Waals surface area contributed by atoms with Gasteiger partial charge in [0.2, 0.25) is 0 Å². The third-order valence-electron chi connectivity index (χ3n) is 3.13. The molecule has 0 radical (unpaired) electrons. The van der Waals surface area contributed by atoms with E-state index in [2.05, 4.69) is 12.2 Å². The van der Waals surface area contributed by atoms with E-state index in [4.69, 9.17) is 4.74 Å². The topological polar surface area (TPSA) is 21.3 Å². The van der Waals surface area contributed by atoms with Gasteiger partial charge >= 0.3 is 0 Å². The largest absolute Gasteiger partial charge is 0.381 e. The maximum absolute atomic E-state index is 5.41. The Morgan fingerprint density at radius 2 is 2.40 bits per heavy atom. The predicted octanol–water partition coefficient (Wildman–Crippen LogP) is 0.775. The van der Waals surface area contributed by atoms with E-state index in [1.165, 1.54) is 19.4 Å². The first kappa shape index (κ1) is 6.62. The number of hydrogen-bond donors (Lipinski definition) is 1. The molecule has 0 bridgehead atoms. The van der Waals surface area contributed by atoms with Crippen LogP contribution in [0.1, 0.15) is 19.8 Å². The van der Waals surface area contributed by atoms with Gasteiger partial charge in [-0.15, -0.1) is 0 Å². The summed E-state index contributed by atoms with van der Waals surface area (Å²) < 4.78 is 5.41. The highest BCUT2D eigenvalue weighted by molar-refractivity contribution is 4.96. The van der Waals surface area contributed by atoms with Crippen molar-refractivity contribution in [2.24, 2.45) is 5.41 Å². The number of rotatable bonds is 0. The molecule has 1 spiro atoms. The van der Waals surface area contributed by atoms with Crippen molar-refractivity contribution in [1.82, 2.24) is 5.32 Å². The fraction of sp³-hybridized carbons (Fsp3) is 1.00. The van der Waals surface area contributed by atoms with E-state index in [0.717, 1.165) is 13.2 Å². The third kappa shape index (κ3) is 0.789. The van der Waals surface area contributed by atoms with Gasteiger partial charge in [-0.05, 0) is 26.3 Å². The second-order valence-corrected chi connectivity index (χ2v) is 3.59. The van der Waals surface area contributed by atoms with Crippen LogP contribution in [-0.4, -0.2) is 25.8 Å². The first-order chi connectivity index (χ1) is 4.83. The highest BCUT2D eigenvalue weighted by atomic mass is 16.5. The van der Waals surface area contributed by atoms with Crippen LogP contribution in [0.15, 0.2) is 0 Å². The van der Waals surface area contributed by atoms with Gasteiger partial charge < -0.3 is 10.1 Å². The Morgan fingerprint density at radius 1 is 1.50 bits per heavy atom. The zero-order valence-electron chi connectivity index (χ0n) is 6.52. The summed E-state index contributed by atoms with van der Waals surface area (Å²) in [5, 5.41) is 3.47. The van der Waals surface area contributed by atoms with E-state index in [1.54, 1.807) is 0 Å². The summed E-state index contributed by atoms with van der Waals surface area (Å²) >= 11 is 0. The molecule has 0 aliphatic carbocycles. The summed E-state index contributed by atoms with van der Waals surface area (Å²) in [5.41, 5.74) is 0.514. The minimum atomic E-state index is 0.514. The molecule has 2 saturated heterocycles. The van der Waals surface area contributed by atoms with E-state index >= 15 is 0 Å². The summed E-state index contributed by atoms with van der Waals surface area (Å²) in [7, 11) is 0. The van der Waals surface area contributed by atoms with Crippen LogP contribution >= 0.6 is 0 Å². The van der Waals surface area contributed by atoms with Crippen LogP contribution in [0.5, 0.6) is 0 Å². The molecule has 2 nitrogen and oxygen atoms in total. The lowest BCUT2D eigenvalue weighted by molar-refractivity contribution is 0.146. The lowest BCUT2D eigenvalue weighted by atomic mass is 9.81. The Labute approximate surface area is 61.9 Å². The van der Waals surface area contributed by atoms with Crippen molar-refractivity contribution in [3.63, 3.8) is 0 Å². The van der Waals surface area contributed by atoms with Gasteiger partial charge in [0.25, 0.3) is 0 Å². The molecule has 0 saturated carbocycles. The van der Waals surface area contributed by atoms with Crippen LogP contribution < -0.4 is 5.32 Å². The quantitative estimate of drug-likeness (QED) is 0.538. The van der Waals surface area contributed by atoms with Gasteiger partial charge in [0.15, 0.2) is 0 Å². The molecule has 2 fully saturated rings. The van der Waals surface area contributed by atoms with Crippen molar-refractivity contribution in [2.75, 3.05) is 19.8 Å². The molecule has 2 heterocycles. The average Bonchev–Trinajstić information content (AvgIpc) is 2.48. The molecular formula is C8H15NO. The first-order valence-corrected chi connectivity index (χ1v) is 4.15. The van der Waals surface area contributed by atoms with Crippen molar-refractivity contribution in [3.8, 4) is 0 Å². The molecule has 10 heavy (non-hydrogen) atoms. The molecule has 2 unspecified atom stereocenters. The molecular weight excluding hydrogens is 126 g/mol. The second kappa shape index (κ2) is 2.21. The van der Waals surface area contributed by atoms with Crippen molar-refractivity contribution < 1.29 is 4.74 Å². The summed E-state index contributed by atoms with van der Waals surface area (Å²) in [6, 6.07) is 0.676. The Morgan fingerprint density at radius 3 is 2.90 bits per heavy atom. The standard InChI is InChI=1S/C8H15NO/c1-7-8(2-4-9-7)3-5-10-6-8/h7,9H,2-6H2,1H3. The van der Waals surface area contributed by atoms with Gasteiger partial charge in [0.05, 0.1) is 6.61 Å². The van der Waals surface area contributed by atoms with Crippen LogP contribution in [0.25, 0.3) is 0 Å².